The monoisotopic (exact) mass is 395 g/mol. The minimum atomic E-state index is -3.55. The number of hydrogen-bond donors (Lipinski definition) is 1. The number of piperazine rings is 1. The van der Waals surface area contributed by atoms with Crippen molar-refractivity contribution in [3.05, 3.63) is 47.9 Å². The van der Waals surface area contributed by atoms with E-state index in [0.717, 1.165) is 0 Å². The van der Waals surface area contributed by atoms with Gasteiger partial charge in [-0.15, -0.1) is 0 Å². The average Bonchev–Trinajstić information content (AvgIpc) is 2.65. The maximum atomic E-state index is 12.6. The highest BCUT2D eigenvalue weighted by molar-refractivity contribution is 7.89. The van der Waals surface area contributed by atoms with Crippen molar-refractivity contribution in [2.45, 2.75) is 4.90 Å². The summed E-state index contributed by atoms with van der Waals surface area (Å²) in [5.74, 6) is 0.223. The lowest BCUT2D eigenvalue weighted by molar-refractivity contribution is -0.117. The SMILES string of the molecule is O=C(CN1CCN(S(=O)(=O)c2cccnc2)CC1)Nc1ccc(Cl)cn1. The van der Waals surface area contributed by atoms with Crippen LogP contribution in [0.25, 0.3) is 0 Å². The molecule has 1 amide bonds. The molecule has 1 aliphatic heterocycles. The normalized spacial score (nSPS) is 16.3. The maximum Gasteiger partial charge on any atom is 0.244 e. The third-order valence-electron chi connectivity index (χ3n) is 3.97. The molecular formula is C16H18ClN5O3S. The molecule has 0 unspecified atom stereocenters. The van der Waals surface area contributed by atoms with E-state index in [4.69, 9.17) is 11.6 Å². The minimum absolute atomic E-state index is 0.172. The first-order valence-corrected chi connectivity index (χ1v) is 9.81. The number of nitrogens with zero attached hydrogens (tertiary/aromatic N) is 4. The lowest BCUT2D eigenvalue weighted by atomic mass is 10.3. The van der Waals surface area contributed by atoms with Crippen molar-refractivity contribution in [2.75, 3.05) is 38.0 Å². The van der Waals surface area contributed by atoms with Gasteiger partial charge in [-0.1, -0.05) is 11.6 Å². The van der Waals surface area contributed by atoms with E-state index in [0.29, 0.717) is 37.0 Å². The Hall–Kier alpha value is -2.07. The van der Waals surface area contributed by atoms with Gasteiger partial charge in [0.25, 0.3) is 0 Å². The van der Waals surface area contributed by atoms with Crippen LogP contribution in [0.5, 0.6) is 0 Å². The third-order valence-corrected chi connectivity index (χ3v) is 6.07. The molecule has 8 nitrogen and oxygen atoms in total. The number of rotatable bonds is 5. The molecule has 1 N–H and O–H groups in total. The number of halogens is 1. The summed E-state index contributed by atoms with van der Waals surface area (Å²) in [7, 11) is -3.55. The van der Waals surface area contributed by atoms with Crippen LogP contribution in [0.1, 0.15) is 0 Å². The standard InChI is InChI=1S/C16H18ClN5O3S/c17-13-3-4-15(19-10-13)20-16(23)12-21-6-8-22(9-7-21)26(24,25)14-2-1-5-18-11-14/h1-5,10-11H,6-9,12H2,(H,19,20,23). The van der Waals surface area contributed by atoms with E-state index in [9.17, 15) is 13.2 Å². The summed E-state index contributed by atoms with van der Waals surface area (Å²) < 4.78 is 26.5. The molecule has 0 radical (unpaired) electrons. The first-order chi connectivity index (χ1) is 12.4. The van der Waals surface area contributed by atoms with Gasteiger partial charge in [-0.05, 0) is 24.3 Å². The summed E-state index contributed by atoms with van der Waals surface area (Å²) in [6, 6.07) is 6.39. The molecule has 1 saturated heterocycles. The van der Waals surface area contributed by atoms with E-state index in [-0.39, 0.29) is 17.3 Å². The Morgan fingerprint density at radius 2 is 1.92 bits per heavy atom. The van der Waals surface area contributed by atoms with Crippen molar-refractivity contribution in [3.63, 3.8) is 0 Å². The molecule has 2 aromatic heterocycles. The molecule has 0 saturated carbocycles. The van der Waals surface area contributed by atoms with E-state index in [1.807, 2.05) is 4.90 Å². The van der Waals surface area contributed by atoms with E-state index >= 15 is 0 Å². The number of carbonyl (C=O) groups excluding carboxylic acids is 1. The Kier molecular flexibility index (Phi) is 5.82. The van der Waals surface area contributed by atoms with Gasteiger partial charge in [-0.3, -0.25) is 14.7 Å². The summed E-state index contributed by atoms with van der Waals surface area (Å²) in [6.07, 6.45) is 4.33. The van der Waals surface area contributed by atoms with Gasteiger partial charge < -0.3 is 5.32 Å². The van der Waals surface area contributed by atoms with Gasteiger partial charge >= 0.3 is 0 Å². The van der Waals surface area contributed by atoms with Crippen LogP contribution in [0.15, 0.2) is 47.8 Å². The molecule has 3 heterocycles. The van der Waals surface area contributed by atoms with Gasteiger partial charge in [0.1, 0.15) is 10.7 Å². The molecule has 138 valence electrons. The molecule has 1 aliphatic rings. The fraction of sp³-hybridized carbons (Fsp3) is 0.312. The number of carbonyl (C=O) groups is 1. The van der Waals surface area contributed by atoms with Gasteiger partial charge in [0.05, 0.1) is 11.6 Å². The number of aromatic nitrogens is 2. The van der Waals surface area contributed by atoms with E-state index in [1.54, 1.807) is 18.2 Å². The third kappa shape index (κ3) is 4.55. The second kappa shape index (κ2) is 8.09. The number of amides is 1. The zero-order valence-corrected chi connectivity index (χ0v) is 15.4. The molecule has 0 atom stereocenters. The Bertz CT molecular complexity index is 853. The van der Waals surface area contributed by atoms with Gasteiger partial charge in [0, 0.05) is 44.8 Å². The molecule has 3 rings (SSSR count). The zero-order valence-electron chi connectivity index (χ0n) is 13.9. The van der Waals surface area contributed by atoms with E-state index in [1.165, 1.54) is 29.0 Å². The number of pyridine rings is 2. The van der Waals surface area contributed by atoms with Crippen LogP contribution in [0, 0.1) is 0 Å². The van der Waals surface area contributed by atoms with E-state index in [2.05, 4.69) is 15.3 Å². The molecule has 10 heteroatoms. The van der Waals surface area contributed by atoms with Crippen LogP contribution in [-0.4, -0.2) is 66.2 Å². The van der Waals surface area contributed by atoms with Crippen molar-refractivity contribution < 1.29 is 13.2 Å². The van der Waals surface area contributed by atoms with Crippen LogP contribution in [-0.2, 0) is 14.8 Å². The Balaban J connectivity index is 1.52. The quantitative estimate of drug-likeness (QED) is 0.813. The highest BCUT2D eigenvalue weighted by atomic mass is 35.5. The largest absolute Gasteiger partial charge is 0.310 e. The fourth-order valence-corrected chi connectivity index (χ4v) is 4.11. The molecule has 0 aliphatic carbocycles. The molecule has 0 aromatic carbocycles. The first-order valence-electron chi connectivity index (χ1n) is 7.99. The van der Waals surface area contributed by atoms with Crippen molar-refractivity contribution in [3.8, 4) is 0 Å². The van der Waals surface area contributed by atoms with Crippen molar-refractivity contribution in [1.29, 1.82) is 0 Å². The number of nitrogens with one attached hydrogen (secondary N) is 1. The second-order valence-corrected chi connectivity index (χ2v) is 8.15. The fourth-order valence-electron chi connectivity index (χ4n) is 2.61. The van der Waals surface area contributed by atoms with Gasteiger partial charge in [0.15, 0.2) is 0 Å². The number of hydrogen-bond acceptors (Lipinski definition) is 6. The predicted octanol–water partition coefficient (Wildman–Crippen LogP) is 1.07. The summed E-state index contributed by atoms with van der Waals surface area (Å²) in [6.45, 7) is 1.76. The highest BCUT2D eigenvalue weighted by Gasteiger charge is 2.29. The van der Waals surface area contributed by atoms with Crippen molar-refractivity contribution in [2.24, 2.45) is 0 Å². The van der Waals surface area contributed by atoms with Gasteiger partial charge in [0.2, 0.25) is 15.9 Å². The lowest BCUT2D eigenvalue weighted by Gasteiger charge is -2.33. The molecule has 1 fully saturated rings. The van der Waals surface area contributed by atoms with Crippen LogP contribution in [0.3, 0.4) is 0 Å². The number of sulfonamides is 1. The molecule has 26 heavy (non-hydrogen) atoms. The lowest BCUT2D eigenvalue weighted by Crippen LogP contribution is -2.50. The van der Waals surface area contributed by atoms with Crippen molar-refractivity contribution >= 4 is 33.3 Å². The summed E-state index contributed by atoms with van der Waals surface area (Å²) in [5, 5.41) is 3.19. The predicted molar refractivity (Wildman–Crippen MR) is 97.3 cm³/mol. The molecule has 0 bridgehead atoms. The first kappa shape index (κ1) is 18.7. The van der Waals surface area contributed by atoms with Gasteiger partial charge in [-0.25, -0.2) is 13.4 Å². The summed E-state index contributed by atoms with van der Waals surface area (Å²) in [4.78, 5) is 22.1. The molecular weight excluding hydrogens is 378 g/mol. The Morgan fingerprint density at radius 1 is 1.15 bits per heavy atom. The highest BCUT2D eigenvalue weighted by Crippen LogP contribution is 2.16. The molecule has 0 spiro atoms. The van der Waals surface area contributed by atoms with Crippen LogP contribution >= 0.6 is 11.6 Å². The number of anilines is 1. The van der Waals surface area contributed by atoms with Gasteiger partial charge in [-0.2, -0.15) is 4.31 Å². The van der Waals surface area contributed by atoms with Crippen LogP contribution in [0.2, 0.25) is 5.02 Å². The van der Waals surface area contributed by atoms with Crippen molar-refractivity contribution in [1.82, 2.24) is 19.2 Å². The Labute approximate surface area is 156 Å². The zero-order chi connectivity index (χ0) is 18.6. The van der Waals surface area contributed by atoms with Crippen LogP contribution in [0.4, 0.5) is 5.82 Å². The second-order valence-electron chi connectivity index (χ2n) is 5.78. The topological polar surface area (TPSA) is 95.5 Å². The van der Waals surface area contributed by atoms with Crippen LogP contribution < -0.4 is 5.32 Å². The Morgan fingerprint density at radius 3 is 2.54 bits per heavy atom. The maximum absolute atomic E-state index is 12.6. The molecule has 2 aromatic rings. The van der Waals surface area contributed by atoms with E-state index < -0.39 is 10.0 Å². The summed E-state index contributed by atoms with van der Waals surface area (Å²) in [5.41, 5.74) is 0. The average molecular weight is 396 g/mol. The smallest absolute Gasteiger partial charge is 0.244 e. The summed E-state index contributed by atoms with van der Waals surface area (Å²) >= 11 is 5.76. The minimum Gasteiger partial charge on any atom is -0.310 e.